The Morgan fingerprint density at radius 2 is 1.96 bits per heavy atom. The summed E-state index contributed by atoms with van der Waals surface area (Å²) in [5, 5.41) is 3.21. The van der Waals surface area contributed by atoms with Gasteiger partial charge in [0.15, 0.2) is 0 Å². The summed E-state index contributed by atoms with van der Waals surface area (Å²) < 4.78 is 11.5. The first-order valence-corrected chi connectivity index (χ1v) is 8.69. The number of fused-ring (bicyclic) bond motifs is 1. The van der Waals surface area contributed by atoms with Gasteiger partial charge >= 0.3 is 0 Å². The van der Waals surface area contributed by atoms with Crippen molar-refractivity contribution in [2.24, 2.45) is 10.7 Å². The highest BCUT2D eigenvalue weighted by atomic mass is 16.5. The number of nitrogens with one attached hydrogen (secondary N) is 1. The third-order valence-electron chi connectivity index (χ3n) is 4.95. The van der Waals surface area contributed by atoms with Gasteiger partial charge in [0.05, 0.1) is 12.7 Å². The molecule has 3 N–H and O–H groups in total. The van der Waals surface area contributed by atoms with Crippen LogP contribution in [0, 0.1) is 0 Å². The first kappa shape index (κ1) is 17.0. The number of hydrogen-bond acceptors (Lipinski definition) is 5. The Kier molecular flexibility index (Phi) is 4.20. The van der Waals surface area contributed by atoms with Crippen LogP contribution in [0.2, 0.25) is 0 Å². The zero-order valence-corrected chi connectivity index (χ0v) is 15.2. The normalized spacial score (nSPS) is 17.7. The summed E-state index contributed by atoms with van der Waals surface area (Å²) >= 11 is 0. The minimum Gasteiger partial charge on any atom is -0.497 e. The minimum absolute atomic E-state index is 0.108. The third-order valence-corrected chi connectivity index (χ3v) is 4.95. The van der Waals surface area contributed by atoms with Gasteiger partial charge in [0.2, 0.25) is 5.88 Å². The zero-order valence-electron chi connectivity index (χ0n) is 15.2. The van der Waals surface area contributed by atoms with Crippen LogP contribution < -0.4 is 20.5 Å². The van der Waals surface area contributed by atoms with Crippen molar-refractivity contribution in [3.05, 3.63) is 83.3 Å². The molecule has 0 amide bonds. The van der Waals surface area contributed by atoms with Crippen molar-refractivity contribution in [2.45, 2.75) is 5.92 Å². The number of benzene rings is 2. The lowest BCUT2D eigenvalue weighted by Crippen LogP contribution is -2.37. The van der Waals surface area contributed by atoms with Gasteiger partial charge < -0.3 is 20.5 Å². The first-order valence-electron chi connectivity index (χ1n) is 8.69. The maximum Gasteiger partial charge on any atom is 0.202 e. The molecule has 0 fully saturated rings. The highest BCUT2D eigenvalue weighted by Crippen LogP contribution is 2.46. The lowest BCUT2D eigenvalue weighted by molar-refractivity contribution is 0.355. The molecule has 0 aliphatic carbocycles. The zero-order chi connectivity index (χ0) is 19.0. The van der Waals surface area contributed by atoms with Crippen molar-refractivity contribution in [2.75, 3.05) is 13.8 Å². The average molecular weight is 359 g/mol. The van der Waals surface area contributed by atoms with Crippen LogP contribution in [-0.4, -0.2) is 19.6 Å². The van der Waals surface area contributed by atoms with E-state index in [1.807, 2.05) is 30.3 Å². The van der Waals surface area contributed by atoms with Gasteiger partial charge in [0.1, 0.15) is 24.0 Å². The smallest absolute Gasteiger partial charge is 0.202 e. The molecule has 1 unspecified atom stereocenters. The van der Waals surface area contributed by atoms with Crippen LogP contribution in [0.15, 0.2) is 66.0 Å². The van der Waals surface area contributed by atoms with Crippen LogP contribution in [0.5, 0.6) is 11.5 Å². The summed E-state index contributed by atoms with van der Waals surface area (Å²) in [6.45, 7) is 8.24. The standard InChI is InChI=1S/C22H21N3O2/c1-4-13-8-11-17-18(14-6-9-15(26-3)10-7-14)19-21(23)24-12-25-22(19)27-20(17)16(13)5-2/h4-11,18,25H,1-2,12H2,3H3,(H2,23,24). The van der Waals surface area contributed by atoms with Crippen LogP contribution in [0.1, 0.15) is 28.2 Å². The molecule has 2 aromatic rings. The fourth-order valence-electron chi connectivity index (χ4n) is 3.62. The maximum absolute atomic E-state index is 6.27. The van der Waals surface area contributed by atoms with Gasteiger partial charge in [0, 0.05) is 17.0 Å². The van der Waals surface area contributed by atoms with Crippen molar-refractivity contribution < 1.29 is 9.47 Å². The van der Waals surface area contributed by atoms with E-state index in [2.05, 4.69) is 29.5 Å². The Balaban J connectivity index is 1.96. The second-order valence-electron chi connectivity index (χ2n) is 6.32. The van der Waals surface area contributed by atoms with Crippen LogP contribution in [-0.2, 0) is 0 Å². The van der Waals surface area contributed by atoms with E-state index in [0.29, 0.717) is 18.4 Å². The first-order chi connectivity index (χ1) is 13.2. The SMILES string of the molecule is C=Cc1ccc2c(c1C=C)OC1=C(C(N)=NCN1)C2c1ccc(OC)cc1. The number of nitrogens with zero attached hydrogens (tertiary/aromatic N) is 1. The van der Waals surface area contributed by atoms with Crippen molar-refractivity contribution in [3.63, 3.8) is 0 Å². The summed E-state index contributed by atoms with van der Waals surface area (Å²) in [5.41, 5.74) is 11.1. The lowest BCUT2D eigenvalue weighted by Gasteiger charge is -2.34. The van der Waals surface area contributed by atoms with Crippen LogP contribution in [0.3, 0.4) is 0 Å². The van der Waals surface area contributed by atoms with E-state index in [0.717, 1.165) is 39.3 Å². The number of methoxy groups -OCH3 is 1. The summed E-state index contributed by atoms with van der Waals surface area (Å²) in [7, 11) is 1.66. The lowest BCUT2D eigenvalue weighted by atomic mass is 9.80. The van der Waals surface area contributed by atoms with E-state index >= 15 is 0 Å². The molecule has 2 aromatic carbocycles. The Labute approximate surface area is 158 Å². The maximum atomic E-state index is 6.27. The number of nitrogens with two attached hydrogens (primary N) is 1. The summed E-state index contributed by atoms with van der Waals surface area (Å²) in [5.74, 6) is 2.59. The van der Waals surface area contributed by atoms with E-state index in [-0.39, 0.29) is 5.92 Å². The predicted octanol–water partition coefficient (Wildman–Crippen LogP) is 3.64. The summed E-state index contributed by atoms with van der Waals surface area (Å²) in [6.07, 6.45) is 3.60. The second kappa shape index (κ2) is 6.68. The molecule has 0 saturated carbocycles. The molecule has 136 valence electrons. The van der Waals surface area contributed by atoms with Gasteiger partial charge in [-0.15, -0.1) is 0 Å². The molecule has 2 aliphatic rings. The Bertz CT molecular complexity index is 987. The van der Waals surface area contributed by atoms with E-state index in [4.69, 9.17) is 15.2 Å². The Morgan fingerprint density at radius 3 is 2.63 bits per heavy atom. The molecule has 1 atom stereocenters. The molecule has 0 radical (unpaired) electrons. The Hall–Kier alpha value is -3.47. The van der Waals surface area contributed by atoms with Gasteiger partial charge in [-0.2, -0.15) is 0 Å². The van der Waals surface area contributed by atoms with Gasteiger partial charge in [-0.3, -0.25) is 0 Å². The molecule has 0 spiro atoms. The number of ether oxygens (including phenoxy) is 2. The molecular formula is C22H21N3O2. The number of hydrogen-bond donors (Lipinski definition) is 2. The van der Waals surface area contributed by atoms with E-state index in [1.165, 1.54) is 0 Å². The molecule has 5 nitrogen and oxygen atoms in total. The summed E-state index contributed by atoms with van der Waals surface area (Å²) in [4.78, 5) is 4.36. The van der Waals surface area contributed by atoms with Crippen LogP contribution in [0.25, 0.3) is 12.2 Å². The molecular weight excluding hydrogens is 338 g/mol. The number of amidine groups is 1. The molecule has 0 bridgehead atoms. The molecule has 0 saturated heterocycles. The van der Waals surface area contributed by atoms with Crippen molar-refractivity contribution in [1.29, 1.82) is 0 Å². The molecule has 27 heavy (non-hydrogen) atoms. The van der Waals surface area contributed by atoms with Gasteiger partial charge in [0.25, 0.3) is 0 Å². The fraction of sp³-hybridized carbons (Fsp3) is 0.136. The van der Waals surface area contributed by atoms with Gasteiger partial charge in [-0.25, -0.2) is 4.99 Å². The molecule has 2 heterocycles. The largest absolute Gasteiger partial charge is 0.497 e. The van der Waals surface area contributed by atoms with Crippen molar-refractivity contribution in [3.8, 4) is 11.5 Å². The minimum atomic E-state index is -0.108. The monoisotopic (exact) mass is 359 g/mol. The molecule has 4 rings (SSSR count). The van der Waals surface area contributed by atoms with E-state index in [1.54, 1.807) is 19.3 Å². The molecule has 5 heteroatoms. The summed E-state index contributed by atoms with van der Waals surface area (Å²) in [6, 6.07) is 12.1. The number of rotatable bonds is 4. The van der Waals surface area contributed by atoms with Crippen molar-refractivity contribution in [1.82, 2.24) is 5.32 Å². The van der Waals surface area contributed by atoms with Gasteiger partial charge in [-0.05, 0) is 23.3 Å². The second-order valence-corrected chi connectivity index (χ2v) is 6.32. The van der Waals surface area contributed by atoms with Crippen LogP contribution >= 0.6 is 0 Å². The highest BCUT2D eigenvalue weighted by Gasteiger charge is 2.36. The third kappa shape index (κ3) is 2.68. The van der Waals surface area contributed by atoms with Crippen molar-refractivity contribution >= 4 is 18.0 Å². The highest BCUT2D eigenvalue weighted by molar-refractivity contribution is 6.01. The topological polar surface area (TPSA) is 68.9 Å². The number of aliphatic imine (C=N–C) groups is 1. The fourth-order valence-corrected chi connectivity index (χ4v) is 3.62. The Morgan fingerprint density at radius 1 is 1.19 bits per heavy atom. The average Bonchev–Trinajstić information content (AvgIpc) is 2.71. The predicted molar refractivity (Wildman–Crippen MR) is 109 cm³/mol. The quantitative estimate of drug-likeness (QED) is 0.875. The molecule has 2 aliphatic heterocycles. The van der Waals surface area contributed by atoms with E-state index in [9.17, 15) is 0 Å². The van der Waals surface area contributed by atoms with Crippen LogP contribution in [0.4, 0.5) is 0 Å². The van der Waals surface area contributed by atoms with Gasteiger partial charge in [-0.1, -0.05) is 49.6 Å². The molecule has 0 aromatic heterocycles. The van der Waals surface area contributed by atoms with E-state index < -0.39 is 0 Å².